The highest BCUT2D eigenvalue weighted by Gasteiger charge is 2.24. The number of nitrogens with one attached hydrogen (secondary N) is 2. The van der Waals surface area contributed by atoms with Crippen LogP contribution in [0.1, 0.15) is 25.0 Å². The zero-order valence-electron chi connectivity index (χ0n) is 16.6. The second-order valence-corrected chi connectivity index (χ2v) is 6.83. The fraction of sp³-hybridized carbons (Fsp3) is 0.381. The lowest BCUT2D eigenvalue weighted by Gasteiger charge is -2.27. The minimum absolute atomic E-state index is 0.197. The summed E-state index contributed by atoms with van der Waals surface area (Å²) in [6.07, 6.45) is 0. The molecule has 2 rings (SSSR count). The molecule has 0 aliphatic heterocycles. The average molecular weight is 373 g/mol. The Morgan fingerprint density at radius 2 is 1.74 bits per heavy atom. The van der Waals surface area contributed by atoms with Crippen molar-refractivity contribution in [2.45, 2.75) is 25.8 Å². The number of hydrogen-bond acceptors (Lipinski definition) is 3. The summed E-state index contributed by atoms with van der Waals surface area (Å²) in [5.41, 5.74) is 1.32. The molecular weight excluding hydrogens is 345 g/mol. The first kappa shape index (κ1) is 20.6. The molecule has 2 N–H and O–H groups in total. The summed E-state index contributed by atoms with van der Waals surface area (Å²) in [6.45, 7) is 5.11. The fourth-order valence-corrected chi connectivity index (χ4v) is 2.81. The van der Waals surface area contributed by atoms with Gasteiger partial charge in [0.1, 0.15) is 5.82 Å². The summed E-state index contributed by atoms with van der Waals surface area (Å²) in [7, 11) is 4.93. The summed E-state index contributed by atoms with van der Waals surface area (Å²) < 4.78 is 24.7. The van der Waals surface area contributed by atoms with Gasteiger partial charge >= 0.3 is 0 Å². The van der Waals surface area contributed by atoms with E-state index in [0.717, 1.165) is 5.56 Å². The predicted octanol–water partition coefficient (Wildman–Crippen LogP) is 3.49. The van der Waals surface area contributed by atoms with Crippen LogP contribution in [0.4, 0.5) is 4.39 Å². The number of hydrogen-bond donors (Lipinski definition) is 2. The van der Waals surface area contributed by atoms with Gasteiger partial charge in [-0.05, 0) is 29.3 Å². The number of aliphatic imine (C=N–C) groups is 1. The van der Waals surface area contributed by atoms with E-state index in [2.05, 4.69) is 15.6 Å². The second-order valence-electron chi connectivity index (χ2n) is 6.83. The summed E-state index contributed by atoms with van der Waals surface area (Å²) in [6, 6.07) is 12.6. The van der Waals surface area contributed by atoms with Gasteiger partial charge in [0.25, 0.3) is 0 Å². The number of guanidine groups is 1. The Labute approximate surface area is 160 Å². The van der Waals surface area contributed by atoms with Crippen LogP contribution in [0.5, 0.6) is 11.5 Å². The number of methoxy groups -OCH3 is 2. The monoisotopic (exact) mass is 373 g/mol. The van der Waals surface area contributed by atoms with Gasteiger partial charge in [-0.15, -0.1) is 0 Å². The van der Waals surface area contributed by atoms with E-state index >= 15 is 0 Å². The molecule has 0 aliphatic rings. The van der Waals surface area contributed by atoms with Crippen LogP contribution in [0.25, 0.3) is 0 Å². The molecule has 0 aliphatic carbocycles. The maximum atomic E-state index is 14.1. The van der Waals surface area contributed by atoms with Gasteiger partial charge < -0.3 is 20.1 Å². The number of benzene rings is 2. The van der Waals surface area contributed by atoms with Crippen LogP contribution >= 0.6 is 0 Å². The lowest BCUT2D eigenvalue weighted by atomic mass is 9.84. The van der Waals surface area contributed by atoms with Crippen molar-refractivity contribution in [2.24, 2.45) is 4.99 Å². The first-order chi connectivity index (χ1) is 12.9. The molecule has 0 atom stereocenters. The fourth-order valence-electron chi connectivity index (χ4n) is 2.81. The highest BCUT2D eigenvalue weighted by molar-refractivity contribution is 5.79. The van der Waals surface area contributed by atoms with Crippen molar-refractivity contribution in [3.63, 3.8) is 0 Å². The van der Waals surface area contributed by atoms with Gasteiger partial charge in [-0.3, -0.25) is 4.99 Å². The second kappa shape index (κ2) is 9.26. The molecule has 6 heteroatoms. The van der Waals surface area contributed by atoms with E-state index in [4.69, 9.17) is 9.47 Å². The van der Waals surface area contributed by atoms with E-state index in [1.807, 2.05) is 44.2 Å². The van der Waals surface area contributed by atoms with Crippen LogP contribution in [0.15, 0.2) is 47.5 Å². The molecule has 0 amide bonds. The molecule has 0 saturated heterocycles. The molecule has 0 aromatic heterocycles. The summed E-state index contributed by atoms with van der Waals surface area (Å²) >= 11 is 0. The van der Waals surface area contributed by atoms with Crippen molar-refractivity contribution in [2.75, 3.05) is 27.8 Å². The van der Waals surface area contributed by atoms with Gasteiger partial charge in [0.15, 0.2) is 17.5 Å². The number of nitrogens with zero attached hydrogens (tertiary/aromatic N) is 1. The van der Waals surface area contributed by atoms with Crippen molar-refractivity contribution in [3.8, 4) is 11.5 Å². The maximum Gasteiger partial charge on any atom is 0.191 e. The Hall–Kier alpha value is -2.76. The third-order valence-corrected chi connectivity index (χ3v) is 4.43. The van der Waals surface area contributed by atoms with Crippen molar-refractivity contribution >= 4 is 5.96 Å². The van der Waals surface area contributed by atoms with E-state index in [9.17, 15) is 4.39 Å². The first-order valence-corrected chi connectivity index (χ1v) is 8.81. The highest BCUT2D eigenvalue weighted by atomic mass is 19.1. The quantitative estimate of drug-likeness (QED) is 0.576. The van der Waals surface area contributed by atoms with Gasteiger partial charge in [-0.25, -0.2) is 4.39 Å². The van der Waals surface area contributed by atoms with E-state index in [1.165, 1.54) is 6.07 Å². The van der Waals surface area contributed by atoms with Crippen molar-refractivity contribution in [3.05, 3.63) is 59.4 Å². The number of ether oxygens (including phenoxy) is 2. The van der Waals surface area contributed by atoms with Gasteiger partial charge in [0.2, 0.25) is 0 Å². The third-order valence-electron chi connectivity index (χ3n) is 4.43. The van der Waals surface area contributed by atoms with Gasteiger partial charge in [-0.1, -0.05) is 38.1 Å². The predicted molar refractivity (Wildman–Crippen MR) is 107 cm³/mol. The third kappa shape index (κ3) is 5.36. The van der Waals surface area contributed by atoms with E-state index < -0.39 is 0 Å². The summed E-state index contributed by atoms with van der Waals surface area (Å²) in [4.78, 5) is 4.24. The van der Waals surface area contributed by atoms with Crippen LogP contribution in [0.2, 0.25) is 0 Å². The molecule has 5 nitrogen and oxygen atoms in total. The molecule has 146 valence electrons. The molecule has 0 heterocycles. The molecule has 2 aromatic carbocycles. The van der Waals surface area contributed by atoms with E-state index in [1.54, 1.807) is 27.3 Å². The Balaban J connectivity index is 1.97. The normalized spacial score (nSPS) is 11.9. The first-order valence-electron chi connectivity index (χ1n) is 8.81. The topological polar surface area (TPSA) is 54.9 Å². The molecule has 2 aromatic rings. The van der Waals surface area contributed by atoms with Gasteiger partial charge in [-0.2, -0.15) is 0 Å². The molecule has 0 spiro atoms. The smallest absolute Gasteiger partial charge is 0.191 e. The lowest BCUT2D eigenvalue weighted by Crippen LogP contribution is -2.43. The number of rotatable bonds is 7. The molecule has 0 unspecified atom stereocenters. The molecular formula is C21H28FN3O2. The summed E-state index contributed by atoms with van der Waals surface area (Å²) in [5.74, 6) is 1.82. The Kier molecular flexibility index (Phi) is 7.05. The average Bonchev–Trinajstić information content (AvgIpc) is 2.68. The van der Waals surface area contributed by atoms with Crippen LogP contribution in [-0.2, 0) is 12.0 Å². The maximum absolute atomic E-state index is 14.1. The Morgan fingerprint density at radius 1 is 1.04 bits per heavy atom. The zero-order chi connectivity index (χ0) is 19.9. The minimum atomic E-state index is -0.383. The summed E-state index contributed by atoms with van der Waals surface area (Å²) in [5, 5.41) is 6.54. The van der Waals surface area contributed by atoms with Crippen molar-refractivity contribution in [1.82, 2.24) is 10.6 Å². The van der Waals surface area contributed by atoms with E-state index in [-0.39, 0.29) is 11.2 Å². The van der Waals surface area contributed by atoms with Crippen LogP contribution in [-0.4, -0.2) is 33.8 Å². The standard InChI is InChI=1S/C21H28FN3O2/c1-21(2,16-8-6-7-9-17(16)22)14-25-20(23-3)24-13-15-10-11-18(26-4)19(12-15)27-5/h6-12H,13-14H2,1-5H3,(H2,23,24,25). The Bertz CT molecular complexity index is 791. The van der Waals surface area contributed by atoms with Gasteiger partial charge in [0, 0.05) is 25.6 Å². The molecule has 0 saturated carbocycles. The minimum Gasteiger partial charge on any atom is -0.493 e. The highest BCUT2D eigenvalue weighted by Crippen LogP contribution is 2.27. The van der Waals surface area contributed by atoms with Crippen molar-refractivity contribution in [1.29, 1.82) is 0 Å². The zero-order valence-corrected chi connectivity index (χ0v) is 16.6. The molecule has 0 radical (unpaired) electrons. The van der Waals surface area contributed by atoms with Crippen molar-refractivity contribution < 1.29 is 13.9 Å². The van der Waals surface area contributed by atoms with Gasteiger partial charge in [0.05, 0.1) is 14.2 Å². The SMILES string of the molecule is CN=C(NCc1ccc(OC)c(OC)c1)NCC(C)(C)c1ccccc1F. The van der Waals surface area contributed by atoms with Crippen LogP contribution in [0.3, 0.4) is 0 Å². The van der Waals surface area contributed by atoms with E-state index in [0.29, 0.717) is 36.1 Å². The van der Waals surface area contributed by atoms with Crippen LogP contribution < -0.4 is 20.1 Å². The molecule has 27 heavy (non-hydrogen) atoms. The van der Waals surface area contributed by atoms with Crippen LogP contribution in [0, 0.1) is 5.82 Å². The number of halogens is 1. The molecule has 0 bridgehead atoms. The molecule has 0 fully saturated rings. The lowest BCUT2D eigenvalue weighted by molar-refractivity contribution is 0.354. The largest absolute Gasteiger partial charge is 0.493 e. The Morgan fingerprint density at radius 3 is 2.37 bits per heavy atom.